The standard InChI is InChI=1S/C22H31NO3S/c24-22(19-4-2-1-3-5-19)23-21(14-16-6-7-16)18-10-12-20(13-11-18)27(25,26)15-17-8-9-17/h1-5,16-18,20-21H,6-15H2,(H,23,24). The Kier molecular flexibility index (Phi) is 5.58. The van der Waals surface area contributed by atoms with Crippen molar-refractivity contribution >= 4 is 15.7 Å². The smallest absolute Gasteiger partial charge is 0.251 e. The number of carbonyl (C=O) groups excluding carboxylic acids is 1. The second kappa shape index (κ2) is 7.94. The molecule has 3 fully saturated rings. The second-order valence-electron chi connectivity index (χ2n) is 8.93. The summed E-state index contributed by atoms with van der Waals surface area (Å²) < 4.78 is 25.2. The van der Waals surface area contributed by atoms with E-state index in [1.54, 1.807) is 0 Å². The highest BCUT2D eigenvalue weighted by Gasteiger charge is 2.38. The van der Waals surface area contributed by atoms with Crippen LogP contribution >= 0.6 is 0 Å². The normalized spacial score (nSPS) is 27.1. The first-order valence-electron chi connectivity index (χ1n) is 10.6. The maximum Gasteiger partial charge on any atom is 0.251 e. The number of sulfone groups is 1. The van der Waals surface area contributed by atoms with Crippen molar-refractivity contribution in [2.24, 2.45) is 17.8 Å². The van der Waals surface area contributed by atoms with Gasteiger partial charge in [-0.1, -0.05) is 31.0 Å². The maximum atomic E-state index is 12.6. The van der Waals surface area contributed by atoms with E-state index in [1.807, 2.05) is 30.3 Å². The molecule has 0 aliphatic heterocycles. The zero-order valence-corrected chi connectivity index (χ0v) is 16.8. The van der Waals surface area contributed by atoms with E-state index < -0.39 is 9.84 Å². The fourth-order valence-electron chi connectivity index (χ4n) is 4.52. The minimum absolute atomic E-state index is 0.00438. The molecule has 1 aromatic carbocycles. The molecule has 1 unspecified atom stereocenters. The molecule has 0 heterocycles. The minimum Gasteiger partial charge on any atom is -0.349 e. The van der Waals surface area contributed by atoms with Gasteiger partial charge in [0.05, 0.1) is 11.0 Å². The average Bonchev–Trinajstić information content (AvgIpc) is 3.59. The predicted molar refractivity (Wildman–Crippen MR) is 107 cm³/mol. The van der Waals surface area contributed by atoms with Gasteiger partial charge in [-0.2, -0.15) is 0 Å². The lowest BCUT2D eigenvalue weighted by atomic mass is 9.81. The Morgan fingerprint density at radius 2 is 1.56 bits per heavy atom. The van der Waals surface area contributed by atoms with Gasteiger partial charge < -0.3 is 5.32 Å². The van der Waals surface area contributed by atoms with Crippen molar-refractivity contribution in [2.75, 3.05) is 5.75 Å². The van der Waals surface area contributed by atoms with Crippen LogP contribution in [0.1, 0.15) is 68.1 Å². The monoisotopic (exact) mass is 389 g/mol. The van der Waals surface area contributed by atoms with Crippen LogP contribution in [0.4, 0.5) is 0 Å². The summed E-state index contributed by atoms with van der Waals surface area (Å²) >= 11 is 0. The molecule has 3 aliphatic rings. The Hall–Kier alpha value is -1.36. The first-order valence-corrected chi connectivity index (χ1v) is 12.3. The van der Waals surface area contributed by atoms with E-state index in [9.17, 15) is 13.2 Å². The summed E-state index contributed by atoms with van der Waals surface area (Å²) in [6.45, 7) is 0. The van der Waals surface area contributed by atoms with Crippen molar-refractivity contribution in [1.82, 2.24) is 5.32 Å². The first kappa shape index (κ1) is 19.0. The Morgan fingerprint density at radius 1 is 0.926 bits per heavy atom. The van der Waals surface area contributed by atoms with E-state index >= 15 is 0 Å². The van der Waals surface area contributed by atoms with Crippen LogP contribution in [0.5, 0.6) is 0 Å². The number of hydrogen-bond acceptors (Lipinski definition) is 3. The Labute approximate surface area is 163 Å². The molecular weight excluding hydrogens is 358 g/mol. The third kappa shape index (κ3) is 5.13. The topological polar surface area (TPSA) is 63.2 Å². The third-order valence-corrected chi connectivity index (χ3v) is 9.02. The molecule has 1 atom stereocenters. The van der Waals surface area contributed by atoms with Crippen molar-refractivity contribution < 1.29 is 13.2 Å². The number of nitrogens with one attached hydrogen (secondary N) is 1. The number of hydrogen-bond donors (Lipinski definition) is 1. The SMILES string of the molecule is O=C(NC(CC1CC1)C1CCC(S(=O)(=O)CC2CC2)CC1)c1ccccc1. The predicted octanol–water partition coefficient (Wildman–Crippen LogP) is 3.97. The van der Waals surface area contributed by atoms with Gasteiger partial charge in [0.15, 0.2) is 9.84 Å². The summed E-state index contributed by atoms with van der Waals surface area (Å²) in [4.78, 5) is 12.6. The van der Waals surface area contributed by atoms with Crippen LogP contribution in [0.2, 0.25) is 0 Å². The fourth-order valence-corrected chi connectivity index (χ4v) is 6.78. The van der Waals surface area contributed by atoms with Crippen LogP contribution < -0.4 is 5.32 Å². The molecule has 0 spiro atoms. The van der Waals surface area contributed by atoms with Gasteiger partial charge in [0.2, 0.25) is 0 Å². The van der Waals surface area contributed by atoms with E-state index in [2.05, 4.69) is 5.32 Å². The summed E-state index contributed by atoms with van der Waals surface area (Å²) in [5.41, 5.74) is 0.707. The molecule has 1 N–H and O–H groups in total. The van der Waals surface area contributed by atoms with Gasteiger partial charge in [0.25, 0.3) is 5.91 Å². The summed E-state index contributed by atoms with van der Waals surface area (Å²) in [5.74, 6) is 1.98. The second-order valence-corrected chi connectivity index (χ2v) is 11.3. The van der Waals surface area contributed by atoms with Gasteiger partial charge in [0, 0.05) is 11.6 Å². The lowest BCUT2D eigenvalue weighted by molar-refractivity contribution is 0.0907. The Morgan fingerprint density at radius 3 is 2.15 bits per heavy atom. The lowest BCUT2D eigenvalue weighted by Crippen LogP contribution is -2.43. The molecular formula is C22H31NO3S. The van der Waals surface area contributed by atoms with Crippen molar-refractivity contribution in [3.63, 3.8) is 0 Å². The van der Waals surface area contributed by atoms with Gasteiger partial charge >= 0.3 is 0 Å². The first-order chi connectivity index (χ1) is 13.0. The van der Waals surface area contributed by atoms with Crippen molar-refractivity contribution in [1.29, 1.82) is 0 Å². The van der Waals surface area contributed by atoms with E-state index in [0.29, 0.717) is 23.2 Å². The molecule has 27 heavy (non-hydrogen) atoms. The molecule has 0 aromatic heterocycles. The molecule has 148 valence electrons. The summed E-state index contributed by atoms with van der Waals surface area (Å²) in [6, 6.07) is 9.58. The molecule has 4 nitrogen and oxygen atoms in total. The van der Waals surface area contributed by atoms with E-state index in [0.717, 1.165) is 50.9 Å². The van der Waals surface area contributed by atoms with Crippen LogP contribution in [-0.4, -0.2) is 31.4 Å². The Balaban J connectivity index is 1.36. The van der Waals surface area contributed by atoms with E-state index in [1.165, 1.54) is 12.8 Å². The highest BCUT2D eigenvalue weighted by atomic mass is 32.2. The lowest BCUT2D eigenvalue weighted by Gasteiger charge is -2.34. The average molecular weight is 390 g/mol. The fraction of sp³-hybridized carbons (Fsp3) is 0.682. The molecule has 1 aromatic rings. The summed E-state index contributed by atoms with van der Waals surface area (Å²) in [5, 5.41) is 3.13. The van der Waals surface area contributed by atoms with Gasteiger partial charge in [-0.3, -0.25) is 4.79 Å². The zero-order valence-electron chi connectivity index (χ0n) is 16.0. The minimum atomic E-state index is -2.93. The third-order valence-electron chi connectivity index (χ3n) is 6.60. The van der Waals surface area contributed by atoms with Gasteiger partial charge in [-0.15, -0.1) is 0 Å². The molecule has 3 saturated carbocycles. The van der Waals surface area contributed by atoms with Crippen molar-refractivity contribution in [2.45, 2.75) is 69.1 Å². The van der Waals surface area contributed by atoms with Crippen LogP contribution in [0.15, 0.2) is 30.3 Å². The molecule has 0 radical (unpaired) electrons. The molecule has 4 rings (SSSR count). The largest absolute Gasteiger partial charge is 0.349 e. The number of benzene rings is 1. The highest BCUT2D eigenvalue weighted by Crippen LogP contribution is 2.40. The maximum absolute atomic E-state index is 12.6. The highest BCUT2D eigenvalue weighted by molar-refractivity contribution is 7.92. The van der Waals surface area contributed by atoms with Crippen LogP contribution in [0.3, 0.4) is 0 Å². The zero-order chi connectivity index (χ0) is 18.9. The van der Waals surface area contributed by atoms with Crippen molar-refractivity contribution in [3.8, 4) is 0 Å². The molecule has 0 bridgehead atoms. The quantitative estimate of drug-likeness (QED) is 0.732. The van der Waals surface area contributed by atoms with Gasteiger partial charge in [-0.05, 0) is 74.8 Å². The molecule has 5 heteroatoms. The summed E-state index contributed by atoms with van der Waals surface area (Å²) in [6.07, 6.45) is 9.12. The molecule has 0 saturated heterocycles. The van der Waals surface area contributed by atoms with Crippen molar-refractivity contribution in [3.05, 3.63) is 35.9 Å². The van der Waals surface area contributed by atoms with Crippen LogP contribution in [-0.2, 0) is 9.84 Å². The van der Waals surface area contributed by atoms with Crippen LogP contribution in [0, 0.1) is 17.8 Å². The van der Waals surface area contributed by atoms with Gasteiger partial charge in [-0.25, -0.2) is 8.42 Å². The summed E-state index contributed by atoms with van der Waals surface area (Å²) in [7, 11) is -2.93. The van der Waals surface area contributed by atoms with E-state index in [4.69, 9.17) is 0 Å². The number of carbonyl (C=O) groups is 1. The number of amides is 1. The van der Waals surface area contributed by atoms with Crippen LogP contribution in [0.25, 0.3) is 0 Å². The number of rotatable bonds is 8. The van der Waals surface area contributed by atoms with E-state index in [-0.39, 0.29) is 17.2 Å². The molecule has 1 amide bonds. The Bertz CT molecular complexity index is 745. The van der Waals surface area contributed by atoms with Gasteiger partial charge in [0.1, 0.15) is 0 Å². The molecule has 3 aliphatic carbocycles.